The van der Waals surface area contributed by atoms with Crippen LogP contribution in [0.2, 0.25) is 0 Å². The fourth-order valence-corrected chi connectivity index (χ4v) is 1.03. The molecule has 0 bridgehead atoms. The number of rotatable bonds is 2. The molecule has 0 amide bonds. The van der Waals surface area contributed by atoms with E-state index in [2.05, 4.69) is 0 Å². The molecular weight excluding hydrogens is 126 g/mol. The molecule has 1 rings (SSSR count). The summed E-state index contributed by atoms with van der Waals surface area (Å²) < 4.78 is 0. The third kappa shape index (κ3) is 1.46. The zero-order valence-electron chi connectivity index (χ0n) is 6.07. The molecular formula is C8H13NO. The van der Waals surface area contributed by atoms with Crippen LogP contribution in [0.15, 0.2) is 24.3 Å². The third-order valence-corrected chi connectivity index (χ3v) is 1.78. The van der Waals surface area contributed by atoms with Crippen LogP contribution in [0.4, 0.5) is 0 Å². The standard InChI is InChI=1S/C8H13NO/c1-6(10)8(9)7-4-2-3-5-7/h2-8,10H,9H2,1H3. The van der Waals surface area contributed by atoms with Gasteiger partial charge in [0.25, 0.3) is 0 Å². The molecule has 56 valence electrons. The molecule has 0 aliphatic heterocycles. The van der Waals surface area contributed by atoms with Gasteiger partial charge in [0, 0.05) is 12.0 Å². The van der Waals surface area contributed by atoms with Crippen molar-refractivity contribution in [1.82, 2.24) is 0 Å². The third-order valence-electron chi connectivity index (χ3n) is 1.78. The first kappa shape index (κ1) is 7.51. The molecule has 2 heteroatoms. The van der Waals surface area contributed by atoms with Gasteiger partial charge >= 0.3 is 0 Å². The average molecular weight is 139 g/mol. The van der Waals surface area contributed by atoms with Crippen LogP contribution in [0.1, 0.15) is 6.92 Å². The van der Waals surface area contributed by atoms with Crippen LogP contribution in [0.5, 0.6) is 0 Å². The SMILES string of the molecule is CC(O)C(N)C1C=CC=C1. The summed E-state index contributed by atoms with van der Waals surface area (Å²) in [5.41, 5.74) is 5.67. The number of aliphatic hydroxyl groups is 1. The second kappa shape index (κ2) is 2.99. The molecule has 0 saturated carbocycles. The smallest absolute Gasteiger partial charge is 0.0671 e. The molecule has 0 aromatic carbocycles. The van der Waals surface area contributed by atoms with Crippen LogP contribution in [-0.4, -0.2) is 17.3 Å². The second-order valence-electron chi connectivity index (χ2n) is 2.67. The van der Waals surface area contributed by atoms with Gasteiger partial charge in [0.05, 0.1) is 6.10 Å². The summed E-state index contributed by atoms with van der Waals surface area (Å²) in [5, 5.41) is 9.09. The van der Waals surface area contributed by atoms with Crippen LogP contribution in [0.3, 0.4) is 0 Å². The van der Waals surface area contributed by atoms with Crippen molar-refractivity contribution >= 4 is 0 Å². The topological polar surface area (TPSA) is 46.2 Å². The summed E-state index contributed by atoms with van der Waals surface area (Å²) in [6, 6.07) is -0.157. The molecule has 2 unspecified atom stereocenters. The van der Waals surface area contributed by atoms with E-state index in [1.165, 1.54) is 0 Å². The largest absolute Gasteiger partial charge is 0.392 e. The zero-order chi connectivity index (χ0) is 7.56. The monoisotopic (exact) mass is 139 g/mol. The van der Waals surface area contributed by atoms with Gasteiger partial charge in [-0.1, -0.05) is 24.3 Å². The van der Waals surface area contributed by atoms with Crippen molar-refractivity contribution < 1.29 is 5.11 Å². The fraction of sp³-hybridized carbons (Fsp3) is 0.500. The van der Waals surface area contributed by atoms with E-state index in [9.17, 15) is 0 Å². The normalized spacial score (nSPS) is 23.5. The van der Waals surface area contributed by atoms with Gasteiger partial charge < -0.3 is 10.8 Å². The van der Waals surface area contributed by atoms with Crippen molar-refractivity contribution in [3.8, 4) is 0 Å². The van der Waals surface area contributed by atoms with Crippen molar-refractivity contribution in [2.45, 2.75) is 19.1 Å². The lowest BCUT2D eigenvalue weighted by molar-refractivity contribution is 0.153. The highest BCUT2D eigenvalue weighted by atomic mass is 16.3. The molecule has 0 aromatic heterocycles. The van der Waals surface area contributed by atoms with Crippen molar-refractivity contribution in [3.05, 3.63) is 24.3 Å². The fourth-order valence-electron chi connectivity index (χ4n) is 1.03. The number of hydrogen-bond acceptors (Lipinski definition) is 2. The molecule has 10 heavy (non-hydrogen) atoms. The van der Waals surface area contributed by atoms with E-state index >= 15 is 0 Å². The lowest BCUT2D eigenvalue weighted by Gasteiger charge is -2.18. The molecule has 0 fully saturated rings. The zero-order valence-corrected chi connectivity index (χ0v) is 6.07. The highest BCUT2D eigenvalue weighted by Gasteiger charge is 2.17. The Morgan fingerprint density at radius 2 is 1.90 bits per heavy atom. The first-order valence-electron chi connectivity index (χ1n) is 3.50. The van der Waals surface area contributed by atoms with Gasteiger partial charge in [-0.2, -0.15) is 0 Å². The van der Waals surface area contributed by atoms with E-state index in [0.29, 0.717) is 0 Å². The van der Waals surface area contributed by atoms with Crippen molar-refractivity contribution in [2.24, 2.45) is 11.7 Å². The Bertz CT molecular complexity index is 149. The Kier molecular flexibility index (Phi) is 2.25. The van der Waals surface area contributed by atoms with Gasteiger partial charge in [-0.05, 0) is 6.92 Å². The summed E-state index contributed by atoms with van der Waals surface area (Å²) in [6.45, 7) is 1.71. The molecule has 1 aliphatic rings. The first-order valence-corrected chi connectivity index (χ1v) is 3.50. The second-order valence-corrected chi connectivity index (χ2v) is 2.67. The molecule has 0 aromatic rings. The van der Waals surface area contributed by atoms with Gasteiger partial charge in [-0.15, -0.1) is 0 Å². The average Bonchev–Trinajstić information content (AvgIpc) is 2.36. The van der Waals surface area contributed by atoms with Crippen LogP contribution < -0.4 is 5.73 Å². The van der Waals surface area contributed by atoms with Crippen LogP contribution in [0, 0.1) is 5.92 Å². The lowest BCUT2D eigenvalue weighted by atomic mass is 9.98. The van der Waals surface area contributed by atoms with Crippen LogP contribution in [-0.2, 0) is 0 Å². The van der Waals surface area contributed by atoms with Crippen molar-refractivity contribution in [2.75, 3.05) is 0 Å². The molecule has 0 radical (unpaired) electrons. The Hall–Kier alpha value is -0.600. The predicted octanol–water partition coefficient (Wildman–Crippen LogP) is 0.437. The summed E-state index contributed by atoms with van der Waals surface area (Å²) in [4.78, 5) is 0. The molecule has 2 nitrogen and oxygen atoms in total. The number of nitrogens with two attached hydrogens (primary N) is 1. The minimum atomic E-state index is -0.433. The van der Waals surface area contributed by atoms with E-state index < -0.39 is 6.10 Å². The molecule has 3 N–H and O–H groups in total. The van der Waals surface area contributed by atoms with Gasteiger partial charge in [0.1, 0.15) is 0 Å². The first-order chi connectivity index (χ1) is 4.72. The minimum absolute atomic E-state index is 0.157. The minimum Gasteiger partial charge on any atom is -0.392 e. The number of hydrogen-bond donors (Lipinski definition) is 2. The Morgan fingerprint density at radius 3 is 2.30 bits per heavy atom. The van der Waals surface area contributed by atoms with Crippen molar-refractivity contribution in [1.29, 1.82) is 0 Å². The van der Waals surface area contributed by atoms with Crippen LogP contribution in [0.25, 0.3) is 0 Å². The molecule has 0 heterocycles. The molecule has 0 saturated heterocycles. The predicted molar refractivity (Wildman–Crippen MR) is 41.4 cm³/mol. The maximum absolute atomic E-state index is 9.09. The van der Waals surface area contributed by atoms with E-state index in [0.717, 1.165) is 0 Å². The van der Waals surface area contributed by atoms with Gasteiger partial charge in [-0.25, -0.2) is 0 Å². The number of allylic oxidation sites excluding steroid dienone is 2. The summed E-state index contributed by atoms with van der Waals surface area (Å²) in [5.74, 6) is 0.222. The van der Waals surface area contributed by atoms with Gasteiger partial charge in [-0.3, -0.25) is 0 Å². The summed E-state index contributed by atoms with van der Waals surface area (Å²) >= 11 is 0. The van der Waals surface area contributed by atoms with E-state index in [1.54, 1.807) is 6.92 Å². The Balaban J connectivity index is 2.49. The van der Waals surface area contributed by atoms with Gasteiger partial charge in [0.2, 0.25) is 0 Å². The maximum Gasteiger partial charge on any atom is 0.0671 e. The lowest BCUT2D eigenvalue weighted by Crippen LogP contribution is -2.37. The van der Waals surface area contributed by atoms with E-state index in [4.69, 9.17) is 10.8 Å². The Morgan fingerprint density at radius 1 is 1.40 bits per heavy atom. The van der Waals surface area contributed by atoms with Crippen LogP contribution >= 0.6 is 0 Å². The molecule has 0 spiro atoms. The van der Waals surface area contributed by atoms with E-state index in [-0.39, 0.29) is 12.0 Å². The highest BCUT2D eigenvalue weighted by molar-refractivity contribution is 5.20. The highest BCUT2D eigenvalue weighted by Crippen LogP contribution is 2.14. The number of aliphatic hydroxyl groups excluding tert-OH is 1. The molecule has 1 aliphatic carbocycles. The van der Waals surface area contributed by atoms with E-state index in [1.807, 2.05) is 24.3 Å². The summed E-state index contributed by atoms with van der Waals surface area (Å²) in [6.07, 6.45) is 7.46. The van der Waals surface area contributed by atoms with Crippen molar-refractivity contribution in [3.63, 3.8) is 0 Å². The quantitative estimate of drug-likeness (QED) is 0.583. The maximum atomic E-state index is 9.09. The summed E-state index contributed by atoms with van der Waals surface area (Å²) in [7, 11) is 0. The Labute approximate surface area is 61.0 Å². The molecule has 2 atom stereocenters. The van der Waals surface area contributed by atoms with Gasteiger partial charge in [0.15, 0.2) is 0 Å².